The Hall–Kier alpha value is -2.85. The predicted octanol–water partition coefficient (Wildman–Crippen LogP) is 2.19. The number of benzene rings is 2. The third-order valence-corrected chi connectivity index (χ3v) is 6.38. The summed E-state index contributed by atoms with van der Waals surface area (Å²) >= 11 is 1.25. The molecule has 0 bridgehead atoms. The topological polar surface area (TPSA) is 109 Å². The number of hydrogen-bond acceptors (Lipinski definition) is 6. The summed E-state index contributed by atoms with van der Waals surface area (Å²) in [4.78, 5) is 11.7. The number of carbonyl (C=O) groups excluding carboxylic acids is 1. The van der Waals surface area contributed by atoms with Gasteiger partial charge in [0.05, 0.1) is 16.3 Å². The number of hydrogen-bond donors (Lipinski definition) is 2. The van der Waals surface area contributed by atoms with Gasteiger partial charge >= 0.3 is 0 Å². The van der Waals surface area contributed by atoms with Gasteiger partial charge in [-0.3, -0.25) is 10.2 Å². The Morgan fingerprint density at radius 3 is 2.71 bits per heavy atom. The molecule has 2 heterocycles. The van der Waals surface area contributed by atoms with Gasteiger partial charge < -0.3 is 10.1 Å². The van der Waals surface area contributed by atoms with Crippen LogP contribution in [0.2, 0.25) is 0 Å². The quantitative estimate of drug-likeness (QED) is 0.794. The maximum absolute atomic E-state index is 12.6. The first-order valence-electron chi connectivity index (χ1n) is 8.40. The molecule has 0 radical (unpaired) electrons. The molecule has 2 N–H and O–H groups in total. The molecule has 0 saturated carbocycles. The van der Waals surface area contributed by atoms with Crippen LogP contribution < -0.4 is 15.5 Å². The minimum Gasteiger partial charge on any atom is -0.479 e. The second-order valence-electron chi connectivity index (χ2n) is 6.10. The molecule has 2 aliphatic heterocycles. The monoisotopic (exact) mass is 416 g/mol. The lowest BCUT2D eigenvalue weighted by atomic mass is 10.1. The van der Waals surface area contributed by atoms with E-state index in [-0.39, 0.29) is 16.0 Å². The number of carbonyl (C=O) groups is 1. The molecular weight excluding hydrogens is 400 g/mol. The van der Waals surface area contributed by atoms with Crippen molar-refractivity contribution in [2.45, 2.75) is 17.9 Å². The molecule has 8 nitrogen and oxygen atoms in total. The second kappa shape index (κ2) is 7.28. The average Bonchev–Trinajstić information content (AvgIpc) is 2.69. The van der Waals surface area contributed by atoms with E-state index in [1.165, 1.54) is 30.0 Å². The van der Waals surface area contributed by atoms with E-state index in [0.717, 1.165) is 11.3 Å². The standard InChI is InChI=1S/C18H16N4O4S2/c1-11-17(23)19-14-9-13(7-8-16(14)26-11)28(24,25)22-18-21-20-15(10-27-18)12-5-3-2-4-6-12/h2-9,11H,10H2,1H3,(H,19,23)(H,21,22). The zero-order valence-electron chi connectivity index (χ0n) is 14.7. The third kappa shape index (κ3) is 3.73. The summed E-state index contributed by atoms with van der Waals surface area (Å²) in [5, 5.41) is 7.04. The van der Waals surface area contributed by atoms with Crippen molar-refractivity contribution >= 4 is 44.3 Å². The zero-order valence-corrected chi connectivity index (χ0v) is 16.4. The molecule has 0 fully saturated rings. The van der Waals surface area contributed by atoms with Crippen LogP contribution in [0.25, 0.3) is 0 Å². The number of nitrogens with zero attached hydrogens (tertiary/aromatic N) is 2. The maximum atomic E-state index is 12.6. The van der Waals surface area contributed by atoms with E-state index >= 15 is 0 Å². The number of anilines is 1. The van der Waals surface area contributed by atoms with E-state index in [1.54, 1.807) is 6.92 Å². The van der Waals surface area contributed by atoms with Gasteiger partial charge in [-0.25, -0.2) is 0 Å². The molecule has 0 aliphatic carbocycles. The van der Waals surface area contributed by atoms with Crippen molar-refractivity contribution < 1.29 is 17.9 Å². The van der Waals surface area contributed by atoms with E-state index in [4.69, 9.17) is 4.74 Å². The van der Waals surface area contributed by atoms with E-state index in [2.05, 4.69) is 20.2 Å². The van der Waals surface area contributed by atoms with Crippen molar-refractivity contribution in [3.63, 3.8) is 0 Å². The first-order valence-corrected chi connectivity index (χ1v) is 10.8. The fourth-order valence-electron chi connectivity index (χ4n) is 2.65. The average molecular weight is 416 g/mol. The van der Waals surface area contributed by atoms with E-state index < -0.39 is 16.1 Å². The Kier molecular flexibility index (Phi) is 4.82. The molecule has 2 aromatic rings. The normalized spacial score (nSPS) is 20.5. The fourth-order valence-corrected chi connectivity index (χ4v) is 4.64. The molecule has 144 valence electrons. The first kappa shape index (κ1) is 18.5. The molecule has 1 atom stereocenters. The van der Waals surface area contributed by atoms with Gasteiger partial charge in [0.2, 0.25) is 0 Å². The molecule has 0 aromatic heterocycles. The molecule has 1 unspecified atom stereocenters. The van der Waals surface area contributed by atoms with Gasteiger partial charge in [0.25, 0.3) is 15.9 Å². The number of sulfonamides is 1. The van der Waals surface area contributed by atoms with Gasteiger partial charge in [-0.2, -0.15) is 13.5 Å². The first-order chi connectivity index (χ1) is 13.4. The number of thioether (sulfide) groups is 1. The van der Waals surface area contributed by atoms with Crippen LogP contribution in [-0.2, 0) is 14.8 Å². The van der Waals surface area contributed by atoms with Crippen LogP contribution in [0.3, 0.4) is 0 Å². The molecule has 10 heteroatoms. The summed E-state index contributed by atoms with van der Waals surface area (Å²) in [6, 6.07) is 13.9. The Balaban J connectivity index is 1.56. The summed E-state index contributed by atoms with van der Waals surface area (Å²) in [5.41, 5.74) is 4.77. The van der Waals surface area contributed by atoms with Crippen molar-refractivity contribution in [2.24, 2.45) is 9.50 Å². The highest BCUT2D eigenvalue weighted by Crippen LogP contribution is 2.32. The van der Waals surface area contributed by atoms with Gasteiger partial charge in [-0.15, -0.1) is 4.40 Å². The van der Waals surface area contributed by atoms with Crippen molar-refractivity contribution in [2.75, 3.05) is 11.1 Å². The Morgan fingerprint density at radius 2 is 2.00 bits per heavy atom. The zero-order chi connectivity index (χ0) is 19.7. The number of ether oxygens (including phenoxy) is 1. The van der Waals surface area contributed by atoms with Crippen LogP contribution in [-0.4, -0.2) is 37.1 Å². The highest BCUT2D eigenvalue weighted by Gasteiger charge is 2.26. The minimum absolute atomic E-state index is 0.0440. The summed E-state index contributed by atoms with van der Waals surface area (Å²) in [7, 11) is -3.98. The predicted molar refractivity (Wildman–Crippen MR) is 108 cm³/mol. The number of amidine groups is 1. The van der Waals surface area contributed by atoms with Gasteiger partial charge in [0.1, 0.15) is 5.75 Å². The smallest absolute Gasteiger partial charge is 0.284 e. The van der Waals surface area contributed by atoms with Crippen LogP contribution >= 0.6 is 11.8 Å². The highest BCUT2D eigenvalue weighted by molar-refractivity contribution is 8.15. The van der Waals surface area contributed by atoms with Gasteiger partial charge in [0.15, 0.2) is 11.3 Å². The van der Waals surface area contributed by atoms with Crippen LogP contribution in [0, 0.1) is 0 Å². The molecule has 2 aromatic carbocycles. The molecule has 0 spiro atoms. The summed E-state index contributed by atoms with van der Waals surface area (Å²) in [5.74, 6) is 0.582. The van der Waals surface area contributed by atoms with Crippen molar-refractivity contribution in [3.8, 4) is 5.75 Å². The number of hydrazone groups is 1. The number of nitrogens with one attached hydrogen (secondary N) is 2. The third-order valence-electron chi connectivity index (χ3n) is 4.12. The maximum Gasteiger partial charge on any atom is 0.284 e. The second-order valence-corrected chi connectivity index (χ2v) is 8.67. The van der Waals surface area contributed by atoms with Crippen LogP contribution in [0.1, 0.15) is 12.5 Å². The summed E-state index contributed by atoms with van der Waals surface area (Å²) in [6.45, 7) is 1.62. The van der Waals surface area contributed by atoms with E-state index in [9.17, 15) is 13.2 Å². The molecule has 28 heavy (non-hydrogen) atoms. The SMILES string of the molecule is CC1Oc2ccc(S(=O)(=O)/N=C3/NN=C(c4ccccc4)CS3)cc2NC1=O. The Labute approximate surface area is 166 Å². The molecule has 0 saturated heterocycles. The number of amides is 1. The Morgan fingerprint density at radius 1 is 1.21 bits per heavy atom. The molecule has 4 rings (SSSR count). The van der Waals surface area contributed by atoms with Crippen LogP contribution in [0.15, 0.2) is 62.9 Å². The van der Waals surface area contributed by atoms with Gasteiger partial charge in [-0.05, 0) is 30.7 Å². The molecule has 1 amide bonds. The van der Waals surface area contributed by atoms with Crippen LogP contribution in [0.4, 0.5) is 5.69 Å². The lowest BCUT2D eigenvalue weighted by Crippen LogP contribution is -2.34. The molecular formula is C18H16N4O4S2. The fraction of sp³-hybridized carbons (Fsp3) is 0.167. The van der Waals surface area contributed by atoms with Crippen molar-refractivity contribution in [3.05, 3.63) is 54.1 Å². The van der Waals surface area contributed by atoms with Gasteiger partial charge in [0, 0.05) is 5.75 Å². The highest BCUT2D eigenvalue weighted by atomic mass is 32.2. The Bertz CT molecular complexity index is 1100. The van der Waals surface area contributed by atoms with Crippen LogP contribution in [0.5, 0.6) is 5.75 Å². The minimum atomic E-state index is -3.98. The lowest BCUT2D eigenvalue weighted by molar-refractivity contribution is -0.122. The number of fused-ring (bicyclic) bond motifs is 1. The lowest BCUT2D eigenvalue weighted by Gasteiger charge is -2.23. The molecule has 2 aliphatic rings. The van der Waals surface area contributed by atoms with Crippen molar-refractivity contribution in [1.82, 2.24) is 5.43 Å². The number of rotatable bonds is 3. The van der Waals surface area contributed by atoms with E-state index in [1.807, 2.05) is 30.3 Å². The van der Waals surface area contributed by atoms with Crippen molar-refractivity contribution in [1.29, 1.82) is 0 Å². The summed E-state index contributed by atoms with van der Waals surface area (Å²) < 4.78 is 34.5. The van der Waals surface area contributed by atoms with E-state index in [0.29, 0.717) is 17.2 Å². The van der Waals surface area contributed by atoms with Gasteiger partial charge in [-0.1, -0.05) is 42.1 Å². The largest absolute Gasteiger partial charge is 0.479 e. The summed E-state index contributed by atoms with van der Waals surface area (Å²) in [6.07, 6.45) is -0.630.